The average Bonchev–Trinajstić information content (AvgIpc) is 2.95. The third-order valence-corrected chi connectivity index (χ3v) is 3.01. The van der Waals surface area contributed by atoms with Gasteiger partial charge in [-0.1, -0.05) is 12.1 Å². The number of nitrogens with zero attached hydrogens (tertiary/aromatic N) is 4. The molecule has 0 aliphatic rings. The Morgan fingerprint density at radius 3 is 2.83 bits per heavy atom. The van der Waals surface area contributed by atoms with Crippen molar-refractivity contribution in [1.29, 1.82) is 0 Å². The second-order valence-electron chi connectivity index (χ2n) is 5.15. The maximum atomic E-state index is 12.7. The Balaban J connectivity index is 2.07. The number of nitrogens with one attached hydrogen (secondary N) is 1. The van der Waals surface area contributed by atoms with Crippen molar-refractivity contribution in [2.45, 2.75) is 25.7 Å². The van der Waals surface area contributed by atoms with Crippen LogP contribution in [0.15, 0.2) is 24.3 Å². The fraction of sp³-hybridized carbons (Fsp3) is 0.429. The predicted octanol–water partition coefficient (Wildman–Crippen LogP) is 1.51. The molecule has 0 saturated carbocycles. The Bertz CT molecular complexity index is 702. The minimum atomic E-state index is -4.45. The number of carbonyl (C=O) groups is 1. The largest absolute Gasteiger partial charge is 0.416 e. The molecular weight excluding hydrogens is 327 g/mol. The van der Waals surface area contributed by atoms with Gasteiger partial charge in [-0.25, -0.2) is 0 Å². The maximum Gasteiger partial charge on any atom is 0.416 e. The van der Waals surface area contributed by atoms with Crippen molar-refractivity contribution in [3.05, 3.63) is 29.8 Å². The molecule has 0 aliphatic carbocycles. The van der Waals surface area contributed by atoms with Gasteiger partial charge in [0.15, 0.2) is 0 Å². The Morgan fingerprint density at radius 2 is 2.17 bits per heavy atom. The summed E-state index contributed by atoms with van der Waals surface area (Å²) in [4.78, 5) is 12.8. The molecule has 0 bridgehead atoms. The zero-order chi connectivity index (χ0) is 17.7. The lowest BCUT2D eigenvalue weighted by molar-refractivity contribution is -0.137. The smallest absolute Gasteiger partial charge is 0.383 e. The minimum Gasteiger partial charge on any atom is -0.383 e. The van der Waals surface area contributed by atoms with Crippen LogP contribution < -0.4 is 5.32 Å². The second-order valence-corrected chi connectivity index (χ2v) is 5.15. The Hall–Kier alpha value is -2.49. The molecule has 2 aromatic rings. The number of hydrogen-bond acceptors (Lipinski definition) is 5. The van der Waals surface area contributed by atoms with Crippen molar-refractivity contribution in [1.82, 2.24) is 25.5 Å². The lowest BCUT2D eigenvalue weighted by atomic mass is 10.1. The normalized spacial score (nSPS) is 12.9. The number of rotatable bonds is 6. The van der Waals surface area contributed by atoms with E-state index in [2.05, 4.69) is 20.7 Å². The summed E-state index contributed by atoms with van der Waals surface area (Å²) in [6.07, 6.45) is -4.45. The van der Waals surface area contributed by atoms with Crippen molar-refractivity contribution < 1.29 is 22.7 Å². The van der Waals surface area contributed by atoms with Gasteiger partial charge in [0.25, 0.3) is 0 Å². The second kappa shape index (κ2) is 7.39. The lowest BCUT2D eigenvalue weighted by Gasteiger charge is -2.11. The number of tetrazole rings is 1. The fourth-order valence-corrected chi connectivity index (χ4v) is 2.00. The molecule has 1 aromatic carbocycles. The van der Waals surface area contributed by atoms with Gasteiger partial charge in [-0.05, 0) is 24.3 Å². The molecule has 0 fully saturated rings. The molecule has 7 nitrogen and oxygen atoms in total. The molecule has 0 spiro atoms. The van der Waals surface area contributed by atoms with Gasteiger partial charge >= 0.3 is 6.18 Å². The molecule has 1 aromatic heterocycles. The van der Waals surface area contributed by atoms with Gasteiger partial charge in [0.05, 0.1) is 12.2 Å². The van der Waals surface area contributed by atoms with E-state index in [9.17, 15) is 18.0 Å². The molecule has 1 N–H and O–H groups in total. The van der Waals surface area contributed by atoms with Gasteiger partial charge < -0.3 is 10.1 Å². The molecule has 0 radical (unpaired) electrons. The molecule has 0 unspecified atom stereocenters. The average molecular weight is 343 g/mol. The van der Waals surface area contributed by atoms with Crippen LogP contribution in [0.1, 0.15) is 12.5 Å². The van der Waals surface area contributed by atoms with E-state index >= 15 is 0 Å². The molecule has 0 saturated heterocycles. The molecule has 2 rings (SSSR count). The monoisotopic (exact) mass is 343 g/mol. The number of halogens is 3. The van der Waals surface area contributed by atoms with Crippen molar-refractivity contribution in [2.75, 3.05) is 13.7 Å². The summed E-state index contributed by atoms with van der Waals surface area (Å²) in [5, 5.41) is 14.0. The zero-order valence-corrected chi connectivity index (χ0v) is 13.0. The predicted molar refractivity (Wildman–Crippen MR) is 77.7 cm³/mol. The highest BCUT2D eigenvalue weighted by Gasteiger charge is 2.30. The van der Waals surface area contributed by atoms with Gasteiger partial charge in [0.2, 0.25) is 11.7 Å². The molecule has 1 amide bonds. The summed E-state index contributed by atoms with van der Waals surface area (Å²) < 4.78 is 43.1. The summed E-state index contributed by atoms with van der Waals surface area (Å²) in [5.74, 6) is -0.341. The number of aromatic nitrogens is 4. The first-order valence-electron chi connectivity index (χ1n) is 7.03. The van der Waals surface area contributed by atoms with Crippen LogP contribution in [-0.4, -0.2) is 45.9 Å². The number of ether oxygens (including phenoxy) is 1. The molecule has 1 heterocycles. The van der Waals surface area contributed by atoms with Crippen LogP contribution in [-0.2, 0) is 22.3 Å². The Kier molecular flexibility index (Phi) is 5.50. The lowest BCUT2D eigenvalue weighted by Crippen LogP contribution is -2.38. The SMILES string of the molecule is COC[C@@H](C)NC(=O)Cn1nnc(-c2cccc(C(F)(F)F)c2)n1. The van der Waals surface area contributed by atoms with Crippen LogP contribution in [0, 0.1) is 0 Å². The highest BCUT2D eigenvalue weighted by Crippen LogP contribution is 2.31. The fourth-order valence-electron chi connectivity index (χ4n) is 2.00. The number of amides is 1. The van der Waals surface area contributed by atoms with E-state index in [1.807, 2.05) is 0 Å². The van der Waals surface area contributed by atoms with Gasteiger partial charge in [-0.2, -0.15) is 18.0 Å². The van der Waals surface area contributed by atoms with Crippen LogP contribution in [0.25, 0.3) is 11.4 Å². The first kappa shape index (κ1) is 17.9. The van der Waals surface area contributed by atoms with Crippen LogP contribution in [0.5, 0.6) is 0 Å². The zero-order valence-electron chi connectivity index (χ0n) is 13.0. The Labute approximate surface area is 135 Å². The van der Waals surface area contributed by atoms with Gasteiger partial charge in [-0.15, -0.1) is 10.2 Å². The number of benzene rings is 1. The summed E-state index contributed by atoms with van der Waals surface area (Å²) in [7, 11) is 1.52. The topological polar surface area (TPSA) is 81.9 Å². The first-order chi connectivity index (χ1) is 11.3. The summed E-state index contributed by atoms with van der Waals surface area (Å²) >= 11 is 0. The molecule has 24 heavy (non-hydrogen) atoms. The van der Waals surface area contributed by atoms with Gasteiger partial charge in [-0.3, -0.25) is 4.79 Å². The van der Waals surface area contributed by atoms with E-state index in [1.165, 1.54) is 19.2 Å². The highest BCUT2D eigenvalue weighted by atomic mass is 19.4. The van der Waals surface area contributed by atoms with E-state index in [0.717, 1.165) is 16.9 Å². The number of alkyl halides is 3. The molecule has 0 aliphatic heterocycles. The molecular formula is C14H16F3N5O2. The summed E-state index contributed by atoms with van der Waals surface area (Å²) in [5.41, 5.74) is -0.633. The molecule has 1 atom stereocenters. The number of methoxy groups -OCH3 is 1. The summed E-state index contributed by atoms with van der Waals surface area (Å²) in [6.45, 7) is 1.93. The standard InChI is InChI=1S/C14H16F3N5O2/c1-9(8-24-2)18-12(23)7-22-20-13(19-21-22)10-4-3-5-11(6-10)14(15,16)17/h3-6,9H,7-8H2,1-2H3,(H,18,23)/t9-/m1/s1. The molecule has 130 valence electrons. The van der Waals surface area contributed by atoms with E-state index in [-0.39, 0.29) is 29.9 Å². The van der Waals surface area contributed by atoms with Crippen LogP contribution in [0.4, 0.5) is 13.2 Å². The highest BCUT2D eigenvalue weighted by molar-refractivity contribution is 5.75. The van der Waals surface area contributed by atoms with E-state index in [4.69, 9.17) is 4.74 Å². The first-order valence-corrected chi connectivity index (χ1v) is 7.03. The van der Waals surface area contributed by atoms with Crippen LogP contribution >= 0.6 is 0 Å². The van der Waals surface area contributed by atoms with Crippen molar-refractivity contribution in [3.8, 4) is 11.4 Å². The number of carbonyl (C=O) groups excluding carboxylic acids is 1. The quantitative estimate of drug-likeness (QED) is 0.860. The van der Waals surface area contributed by atoms with Gasteiger partial charge in [0, 0.05) is 18.7 Å². The Morgan fingerprint density at radius 1 is 1.42 bits per heavy atom. The van der Waals surface area contributed by atoms with Crippen LogP contribution in [0.3, 0.4) is 0 Å². The van der Waals surface area contributed by atoms with Crippen molar-refractivity contribution >= 4 is 5.91 Å². The van der Waals surface area contributed by atoms with E-state index < -0.39 is 11.7 Å². The minimum absolute atomic E-state index is 0.0128. The van der Waals surface area contributed by atoms with Crippen molar-refractivity contribution in [2.24, 2.45) is 0 Å². The summed E-state index contributed by atoms with van der Waals surface area (Å²) in [6, 6.07) is 4.41. The number of hydrogen-bond donors (Lipinski definition) is 1. The van der Waals surface area contributed by atoms with E-state index in [1.54, 1.807) is 6.92 Å². The van der Waals surface area contributed by atoms with Crippen molar-refractivity contribution in [3.63, 3.8) is 0 Å². The molecule has 10 heteroatoms. The van der Waals surface area contributed by atoms with Gasteiger partial charge in [0.1, 0.15) is 6.54 Å². The third-order valence-electron chi connectivity index (χ3n) is 3.01. The van der Waals surface area contributed by atoms with Crippen LogP contribution in [0.2, 0.25) is 0 Å². The third kappa shape index (κ3) is 4.75. The maximum absolute atomic E-state index is 12.7. The van der Waals surface area contributed by atoms with E-state index in [0.29, 0.717) is 6.61 Å².